The van der Waals surface area contributed by atoms with E-state index < -0.39 is 18.4 Å². The first-order valence-corrected chi connectivity index (χ1v) is 30.5. The average molecular weight is 806 g/mol. The zero-order chi connectivity index (χ0) is 34.5. The summed E-state index contributed by atoms with van der Waals surface area (Å²) in [6.07, 6.45) is 35.9. The molecule has 4 heteroatoms. The van der Waals surface area contributed by atoms with Gasteiger partial charge in [-0.05, 0) is 0 Å². The van der Waals surface area contributed by atoms with Crippen molar-refractivity contribution < 1.29 is 4.74 Å². The molecule has 2 aromatic rings. The fourth-order valence-electron chi connectivity index (χ4n) is 8.38. The summed E-state index contributed by atoms with van der Waals surface area (Å²) >= 11 is 1.73. The van der Waals surface area contributed by atoms with Gasteiger partial charge in [-0.25, -0.2) is 0 Å². The van der Waals surface area contributed by atoms with Crippen LogP contribution in [-0.2, 0) is 5.60 Å². The van der Waals surface area contributed by atoms with Gasteiger partial charge in [-0.15, -0.1) is 0 Å². The number of unbranched alkanes of at least 4 members (excludes halogenated alkanes) is 19. The van der Waals surface area contributed by atoms with Crippen molar-refractivity contribution in [3.63, 3.8) is 0 Å². The van der Waals surface area contributed by atoms with Crippen molar-refractivity contribution in [3.05, 3.63) is 22.6 Å². The number of fused-ring (bicyclic) bond motifs is 3. The van der Waals surface area contributed by atoms with Gasteiger partial charge in [0.15, 0.2) is 0 Å². The molecule has 0 bridgehead atoms. The number of rotatable bonds is 30. The fourth-order valence-corrected chi connectivity index (χ4v) is 29.8. The average Bonchev–Trinajstić information content (AvgIpc) is 3.71. The molecule has 1 aliphatic heterocycles. The third-order valence-corrected chi connectivity index (χ3v) is 32.0. The van der Waals surface area contributed by atoms with Crippen LogP contribution in [0.3, 0.4) is 0 Å². The van der Waals surface area contributed by atoms with E-state index in [4.69, 9.17) is 4.74 Å². The van der Waals surface area contributed by atoms with Gasteiger partial charge >= 0.3 is 275 Å². The Morgan fingerprint density at radius 2 is 0.917 bits per heavy atom. The van der Waals surface area contributed by atoms with E-state index in [0.29, 0.717) is 0 Å². The van der Waals surface area contributed by atoms with Crippen LogP contribution >= 0.6 is 22.7 Å². The molecule has 1 aliphatic rings. The van der Waals surface area contributed by atoms with Crippen LogP contribution in [-0.4, -0.2) is 18.4 Å². The van der Waals surface area contributed by atoms with Crippen LogP contribution in [0, 0.1) is 6.92 Å². The van der Waals surface area contributed by atoms with E-state index >= 15 is 0 Å². The Hall–Kier alpha value is -0.00130. The second-order valence-electron chi connectivity index (χ2n) is 15.7. The third-order valence-electron chi connectivity index (χ3n) is 11.5. The van der Waals surface area contributed by atoms with Crippen molar-refractivity contribution in [3.8, 4) is 15.5 Å². The van der Waals surface area contributed by atoms with Gasteiger partial charge in [0.2, 0.25) is 0 Å². The molecule has 0 aliphatic carbocycles. The molecule has 2 aromatic heterocycles. The Kier molecular flexibility index (Phi) is 21.5. The molecule has 3 rings (SSSR count). The van der Waals surface area contributed by atoms with Crippen LogP contribution in [0.1, 0.15) is 212 Å². The summed E-state index contributed by atoms with van der Waals surface area (Å²) in [5.74, 6) is 1.22. The molecule has 1 atom stereocenters. The number of ether oxygens (including phenoxy) is 1. The van der Waals surface area contributed by atoms with Crippen molar-refractivity contribution in [2.75, 3.05) is 0 Å². The SMILES string of the molecule is CCCCCCCCCCCCC1(CCCCCCCCCC)Oc2cc(C)sc2-c2s[c]([Sn]([CH2]CCC)([CH2]CCC)[CH2]CCC)cc21. The Morgan fingerprint density at radius 1 is 0.500 bits per heavy atom. The van der Waals surface area contributed by atoms with E-state index in [1.54, 1.807) is 23.8 Å². The van der Waals surface area contributed by atoms with E-state index in [1.807, 2.05) is 14.2 Å². The van der Waals surface area contributed by atoms with Crippen LogP contribution in [0.25, 0.3) is 9.75 Å². The molecule has 48 heavy (non-hydrogen) atoms. The second-order valence-corrected chi connectivity index (χ2v) is 32.2. The van der Waals surface area contributed by atoms with Crippen LogP contribution in [0.2, 0.25) is 13.3 Å². The van der Waals surface area contributed by atoms with E-state index in [0.717, 1.165) is 0 Å². The van der Waals surface area contributed by atoms with Gasteiger partial charge < -0.3 is 0 Å². The van der Waals surface area contributed by atoms with Gasteiger partial charge in [0, 0.05) is 0 Å². The van der Waals surface area contributed by atoms with Gasteiger partial charge in [-0.3, -0.25) is 0 Å². The molecule has 0 amide bonds. The molecule has 0 aromatic carbocycles. The molecule has 0 fully saturated rings. The van der Waals surface area contributed by atoms with Crippen LogP contribution in [0.5, 0.6) is 5.75 Å². The van der Waals surface area contributed by atoms with Crippen molar-refractivity contribution in [1.82, 2.24) is 0 Å². The molecule has 0 saturated heterocycles. The van der Waals surface area contributed by atoms with Gasteiger partial charge in [0.1, 0.15) is 0 Å². The van der Waals surface area contributed by atoms with Gasteiger partial charge in [0.25, 0.3) is 0 Å². The normalized spacial score (nSPS) is 15.9. The van der Waals surface area contributed by atoms with Crippen LogP contribution < -0.4 is 7.63 Å². The van der Waals surface area contributed by atoms with Gasteiger partial charge in [-0.1, -0.05) is 39.5 Å². The number of thiophene rings is 2. The minimum atomic E-state index is -2.57. The van der Waals surface area contributed by atoms with Crippen molar-refractivity contribution in [2.24, 2.45) is 0 Å². The summed E-state index contributed by atoms with van der Waals surface area (Å²) in [5.41, 5.74) is 1.52. The van der Waals surface area contributed by atoms with E-state index in [2.05, 4.69) is 65.0 Å². The first kappa shape index (κ1) is 42.4. The predicted octanol–water partition coefficient (Wildman–Crippen LogP) is 16.3. The Bertz CT molecular complexity index is 1080. The van der Waals surface area contributed by atoms with E-state index in [1.165, 1.54) is 182 Å². The van der Waals surface area contributed by atoms with Crippen LogP contribution in [0.15, 0.2) is 12.1 Å². The molecular formula is C44H78OS2Sn. The Labute approximate surface area is 312 Å². The molecule has 1 nitrogen and oxygen atoms in total. The van der Waals surface area contributed by atoms with E-state index in [9.17, 15) is 0 Å². The molecule has 0 radical (unpaired) electrons. The summed E-state index contributed by atoms with van der Waals surface area (Å²) < 4.78 is 14.0. The van der Waals surface area contributed by atoms with Gasteiger partial charge in [0.05, 0.1) is 0 Å². The molecular weight excluding hydrogens is 727 g/mol. The maximum atomic E-state index is 7.42. The Balaban J connectivity index is 1.88. The molecule has 276 valence electrons. The zero-order valence-corrected chi connectivity index (χ0v) is 37.4. The standard InChI is InChI=1S/C32H51OS2.3C4H9.Sn/c1-4-6-8-10-12-14-15-17-19-21-24-32(23-20-18-16-13-11-9-7-5-2)28-22-25-34-30(28)31-29(33-32)26-27(3)35-31;3*1-3-4-2;/h22,26H,4-21,23-24H2,1-3H3;3*1,3-4H2,2H3;. The third kappa shape index (κ3) is 13.2. The monoisotopic (exact) mass is 806 g/mol. The minimum absolute atomic E-state index is 0.120. The molecule has 1 unspecified atom stereocenters. The van der Waals surface area contributed by atoms with Crippen molar-refractivity contribution in [1.29, 1.82) is 0 Å². The molecule has 0 N–H and O–H groups in total. The first-order valence-electron chi connectivity index (χ1n) is 21.4. The predicted molar refractivity (Wildman–Crippen MR) is 223 cm³/mol. The summed E-state index contributed by atoms with van der Waals surface area (Å²) in [5, 5.41) is 0. The second kappa shape index (κ2) is 24.3. The van der Waals surface area contributed by atoms with E-state index in [-0.39, 0.29) is 5.60 Å². The summed E-state index contributed by atoms with van der Waals surface area (Å²) in [7, 11) is 0. The number of aryl methyl sites for hydroxylation is 1. The summed E-state index contributed by atoms with van der Waals surface area (Å²) in [6.45, 7) is 14.2. The van der Waals surface area contributed by atoms with Crippen molar-refractivity contribution >= 4 is 43.9 Å². The fraction of sp³-hybridized carbons (Fsp3) is 0.818. The van der Waals surface area contributed by atoms with Gasteiger partial charge in [-0.2, -0.15) is 0 Å². The summed E-state index contributed by atoms with van der Waals surface area (Å²) in [6, 6.07) is 5.24. The quantitative estimate of drug-likeness (QED) is 0.0564. The van der Waals surface area contributed by atoms with Crippen LogP contribution in [0.4, 0.5) is 0 Å². The number of hydrogen-bond acceptors (Lipinski definition) is 3. The summed E-state index contributed by atoms with van der Waals surface area (Å²) in [4.78, 5) is 4.53. The number of hydrogen-bond donors (Lipinski definition) is 0. The topological polar surface area (TPSA) is 9.23 Å². The zero-order valence-electron chi connectivity index (χ0n) is 32.9. The molecule has 0 spiro atoms. The first-order chi connectivity index (χ1) is 23.5. The van der Waals surface area contributed by atoms with Crippen molar-refractivity contribution in [2.45, 2.75) is 227 Å². The maximum absolute atomic E-state index is 7.42. The molecule has 3 heterocycles. The Morgan fingerprint density at radius 3 is 1.35 bits per heavy atom. The molecule has 0 saturated carbocycles.